The molecule has 0 aliphatic carbocycles. The van der Waals surface area contributed by atoms with Crippen LogP contribution in [0.25, 0.3) is 33.7 Å². The molecule has 4 aromatic rings. The van der Waals surface area contributed by atoms with Crippen LogP contribution in [-0.2, 0) is 33.7 Å². The van der Waals surface area contributed by atoms with Crippen LogP contribution in [0.3, 0.4) is 0 Å². The summed E-state index contributed by atoms with van der Waals surface area (Å²) in [6.07, 6.45) is 6.04. The summed E-state index contributed by atoms with van der Waals surface area (Å²) in [7, 11) is 11.0. The topological polar surface area (TPSA) is 0 Å². The van der Waals surface area contributed by atoms with E-state index in [4.69, 9.17) is 17.0 Å². The van der Waals surface area contributed by atoms with Gasteiger partial charge in [0, 0.05) is 9.52 Å². The van der Waals surface area contributed by atoms with Crippen LogP contribution in [-0.4, -0.2) is 9.52 Å². The van der Waals surface area contributed by atoms with Gasteiger partial charge in [-0.2, -0.15) is 12.1 Å². The molecule has 2 radical (unpaired) electrons. The first-order valence-corrected chi connectivity index (χ1v) is 19.0. The predicted octanol–water partition coefficient (Wildman–Crippen LogP) is 9.69. The minimum atomic E-state index is -0.826. The third-order valence-electron chi connectivity index (χ3n) is 4.94. The van der Waals surface area contributed by atoms with E-state index in [1.807, 2.05) is 12.2 Å². The van der Waals surface area contributed by atoms with Gasteiger partial charge < -0.3 is 0 Å². The Labute approximate surface area is 215 Å². The number of fused-ring (bicyclic) bond motifs is 2. The first-order chi connectivity index (χ1) is 15.5. The maximum atomic E-state index is 4.93. The van der Waals surface area contributed by atoms with Crippen molar-refractivity contribution in [2.45, 2.75) is 39.8 Å². The number of hydrogen-bond acceptors (Lipinski definition) is 0. The molecule has 0 nitrogen and oxygen atoms in total. The van der Waals surface area contributed by atoms with Crippen molar-refractivity contribution in [1.82, 2.24) is 0 Å². The average molecular weight is 559 g/mol. The van der Waals surface area contributed by atoms with E-state index in [0.29, 0.717) is 0 Å². The Morgan fingerprint density at radius 1 is 0.812 bits per heavy atom. The second-order valence-corrected chi connectivity index (χ2v) is 11.8. The molecule has 0 atom stereocenters. The number of aryl methyl sites for hydroxylation is 2. The first-order valence-electron chi connectivity index (χ1n) is 10.7. The zero-order valence-corrected chi connectivity index (χ0v) is 24.5. The zero-order chi connectivity index (χ0) is 23.9. The molecule has 0 aliphatic heterocycles. The van der Waals surface area contributed by atoms with Crippen LogP contribution in [0.15, 0.2) is 73.8 Å². The van der Waals surface area contributed by atoms with E-state index in [9.17, 15) is 0 Å². The molecule has 0 fully saturated rings. The van der Waals surface area contributed by atoms with Gasteiger partial charge in [-0.1, -0.05) is 75.5 Å². The molecule has 0 N–H and O–H groups in total. The Morgan fingerprint density at radius 2 is 1.16 bits per heavy atom. The van der Waals surface area contributed by atoms with Crippen molar-refractivity contribution >= 4 is 60.2 Å². The van der Waals surface area contributed by atoms with Crippen molar-refractivity contribution in [2.24, 2.45) is 0 Å². The van der Waals surface area contributed by atoms with Crippen LogP contribution < -0.4 is 0 Å². The van der Waals surface area contributed by atoms with Gasteiger partial charge in [0.2, 0.25) is 0 Å². The van der Waals surface area contributed by atoms with Crippen LogP contribution in [0.5, 0.6) is 0 Å². The summed E-state index contributed by atoms with van der Waals surface area (Å²) in [4.78, 5) is 0. The molecule has 4 rings (SSSR count). The Kier molecular flexibility index (Phi) is 14.8. The molecule has 166 valence electrons. The number of rotatable bonds is 4. The number of benzene rings is 2. The van der Waals surface area contributed by atoms with Crippen LogP contribution in [0.2, 0.25) is 13.1 Å². The van der Waals surface area contributed by atoms with E-state index >= 15 is 0 Å². The Morgan fingerprint density at radius 3 is 1.44 bits per heavy atom. The molecular formula is C28H32Cl2SiZr. The second-order valence-electron chi connectivity index (χ2n) is 7.11. The quantitative estimate of drug-likeness (QED) is 0.173. The molecule has 32 heavy (non-hydrogen) atoms. The zero-order valence-electron chi connectivity index (χ0n) is 19.5. The molecule has 0 aromatic heterocycles. The Balaban J connectivity index is 0.000000258. The van der Waals surface area contributed by atoms with Crippen molar-refractivity contribution in [1.29, 1.82) is 0 Å². The summed E-state index contributed by atoms with van der Waals surface area (Å²) in [5.41, 5.74) is 5.28. The third kappa shape index (κ3) is 8.64. The van der Waals surface area contributed by atoms with Gasteiger partial charge in [-0.05, 0) is 12.8 Å². The molecule has 0 amide bonds. The summed E-state index contributed by atoms with van der Waals surface area (Å²) >= 11 is -0.826. The van der Waals surface area contributed by atoms with Gasteiger partial charge in [0.15, 0.2) is 0 Å². The van der Waals surface area contributed by atoms with Gasteiger partial charge in [0.25, 0.3) is 0 Å². The SMILES string of the molecule is C=Cc1cccc2[cH-]c(CC)cc12.C=Cc1cccc2[cH-]c(CC)cc12.C[Si]C.[Cl][Zr+2][Cl]. The van der Waals surface area contributed by atoms with Crippen LogP contribution >= 0.6 is 17.0 Å². The van der Waals surface area contributed by atoms with Gasteiger partial charge in [0.05, 0.1) is 0 Å². The van der Waals surface area contributed by atoms with E-state index in [-0.39, 0.29) is 0 Å². The van der Waals surface area contributed by atoms with Crippen molar-refractivity contribution in [2.75, 3.05) is 0 Å². The van der Waals surface area contributed by atoms with Gasteiger partial charge >= 0.3 is 37.9 Å². The summed E-state index contributed by atoms with van der Waals surface area (Å²) in [5.74, 6) is 0. The number of halogens is 2. The van der Waals surface area contributed by atoms with E-state index in [1.54, 1.807) is 0 Å². The van der Waals surface area contributed by atoms with E-state index < -0.39 is 20.8 Å². The molecule has 0 saturated carbocycles. The Bertz CT molecular complexity index is 1000. The van der Waals surface area contributed by atoms with Gasteiger partial charge in [-0.15, -0.1) is 69.1 Å². The van der Waals surface area contributed by atoms with E-state index in [0.717, 1.165) is 22.4 Å². The summed E-state index contributed by atoms with van der Waals surface area (Å²) in [6.45, 7) is 16.3. The van der Waals surface area contributed by atoms with E-state index in [1.165, 1.54) is 43.8 Å². The van der Waals surface area contributed by atoms with Gasteiger partial charge in [-0.25, -0.2) is 0 Å². The van der Waals surface area contributed by atoms with E-state index in [2.05, 4.69) is 101 Å². The van der Waals surface area contributed by atoms with Crippen molar-refractivity contribution in [3.05, 3.63) is 96.1 Å². The standard InChI is InChI=1S/2C13H13.C2H6Si.2ClH.Zr/c2*1-3-10-8-12-7-5-6-11(4-2)13(12)9-10;1-3-2;;;/h2*4-9H,2-3H2,1H3;1-2H3;2*1H;/q2*-1;;;;+4/p-2. The fraction of sp³-hybridized carbons (Fsp3) is 0.214. The summed E-state index contributed by atoms with van der Waals surface area (Å²) in [6, 6.07) is 21.7. The molecule has 0 aliphatic rings. The van der Waals surface area contributed by atoms with Crippen LogP contribution in [0.4, 0.5) is 0 Å². The Hall–Kier alpha value is -1.18. The van der Waals surface area contributed by atoms with Crippen molar-refractivity contribution in [3.63, 3.8) is 0 Å². The molecule has 0 bridgehead atoms. The molecule has 4 heteroatoms. The van der Waals surface area contributed by atoms with Gasteiger partial charge in [0.1, 0.15) is 0 Å². The number of hydrogen-bond donors (Lipinski definition) is 0. The molecule has 0 saturated heterocycles. The second kappa shape index (κ2) is 16.4. The summed E-state index contributed by atoms with van der Waals surface area (Å²) in [5, 5.41) is 5.31. The monoisotopic (exact) mass is 556 g/mol. The van der Waals surface area contributed by atoms with Crippen molar-refractivity contribution < 1.29 is 20.8 Å². The van der Waals surface area contributed by atoms with Crippen LogP contribution in [0.1, 0.15) is 36.1 Å². The third-order valence-corrected chi connectivity index (χ3v) is 4.94. The molecule has 4 aromatic carbocycles. The molecule has 0 spiro atoms. The predicted molar refractivity (Wildman–Crippen MR) is 147 cm³/mol. The molecular weight excluding hydrogens is 527 g/mol. The van der Waals surface area contributed by atoms with Crippen molar-refractivity contribution in [3.8, 4) is 0 Å². The van der Waals surface area contributed by atoms with Gasteiger partial charge in [-0.3, -0.25) is 0 Å². The minimum absolute atomic E-state index is 0.826. The fourth-order valence-electron chi connectivity index (χ4n) is 3.41. The first kappa shape index (κ1) is 28.9. The van der Waals surface area contributed by atoms with Crippen LogP contribution in [0, 0.1) is 0 Å². The molecule has 0 unspecified atom stereocenters. The maximum absolute atomic E-state index is 4.93. The normalized spacial score (nSPS) is 9.44. The average Bonchev–Trinajstić information content (AvgIpc) is 3.43. The fourth-order valence-corrected chi connectivity index (χ4v) is 3.41. The molecule has 0 heterocycles. The summed E-state index contributed by atoms with van der Waals surface area (Å²) < 4.78 is 0.